The zero-order valence-electron chi connectivity index (χ0n) is 13.9. The monoisotopic (exact) mass is 365 g/mol. The summed E-state index contributed by atoms with van der Waals surface area (Å²) in [6, 6.07) is 4.31. The molecule has 1 aromatic carbocycles. The molecule has 3 rings (SSSR count). The molecule has 1 saturated carbocycles. The van der Waals surface area contributed by atoms with Crippen LogP contribution in [0.1, 0.15) is 30.0 Å². The van der Waals surface area contributed by atoms with Gasteiger partial charge in [0.15, 0.2) is 0 Å². The molecule has 1 aliphatic carbocycles. The number of nitrogens with one attached hydrogen (secondary N) is 1. The van der Waals surface area contributed by atoms with Crippen LogP contribution in [0.2, 0.25) is 0 Å². The average Bonchev–Trinajstić information content (AvgIpc) is 3.30. The van der Waals surface area contributed by atoms with Crippen molar-refractivity contribution in [1.82, 2.24) is 9.78 Å². The van der Waals surface area contributed by atoms with Crippen molar-refractivity contribution in [2.45, 2.75) is 30.1 Å². The molecule has 2 aromatic rings. The van der Waals surface area contributed by atoms with Crippen LogP contribution in [0.5, 0.6) is 5.75 Å². The summed E-state index contributed by atoms with van der Waals surface area (Å²) in [5.41, 5.74) is 1.55. The number of carboxylic acids is 1. The van der Waals surface area contributed by atoms with Gasteiger partial charge < -0.3 is 9.84 Å². The van der Waals surface area contributed by atoms with Gasteiger partial charge in [-0.15, -0.1) is 0 Å². The van der Waals surface area contributed by atoms with E-state index < -0.39 is 16.0 Å². The predicted octanol–water partition coefficient (Wildman–Crippen LogP) is 1.73. The molecule has 0 saturated heterocycles. The van der Waals surface area contributed by atoms with E-state index in [1.807, 2.05) is 0 Å². The van der Waals surface area contributed by atoms with Crippen molar-refractivity contribution in [3.63, 3.8) is 0 Å². The minimum absolute atomic E-state index is 0.0978. The van der Waals surface area contributed by atoms with E-state index in [1.54, 1.807) is 17.9 Å². The van der Waals surface area contributed by atoms with E-state index in [0.717, 1.165) is 18.5 Å². The maximum Gasteiger partial charge on any atom is 0.307 e. The molecule has 0 aliphatic heterocycles. The Hall–Kier alpha value is -2.55. The minimum atomic E-state index is -3.95. The fourth-order valence-corrected chi connectivity index (χ4v) is 3.94. The molecule has 0 radical (unpaired) electrons. The molecule has 0 unspecified atom stereocenters. The van der Waals surface area contributed by atoms with Gasteiger partial charge in [-0.2, -0.15) is 5.10 Å². The standard InChI is InChI=1S/C16H19N3O5S/c1-19-9-12(16(17-19)11-4-5-11)18-25(22,23)14-7-10(8-15(20)21)3-6-13(14)24-2/h3,6-7,9,11,18H,4-5,8H2,1-2H3,(H,20,21). The van der Waals surface area contributed by atoms with Crippen LogP contribution in [-0.2, 0) is 28.3 Å². The van der Waals surface area contributed by atoms with E-state index in [-0.39, 0.29) is 23.0 Å². The number of ether oxygens (including phenoxy) is 1. The first kappa shape index (κ1) is 17.3. The first-order chi connectivity index (χ1) is 11.8. The number of hydrogen-bond acceptors (Lipinski definition) is 5. The third-order valence-corrected chi connectivity index (χ3v) is 5.33. The van der Waals surface area contributed by atoms with Gasteiger partial charge in [0, 0.05) is 19.2 Å². The predicted molar refractivity (Wildman–Crippen MR) is 90.3 cm³/mol. The first-order valence-electron chi connectivity index (χ1n) is 7.75. The number of aliphatic carboxylic acids is 1. The topological polar surface area (TPSA) is 111 Å². The van der Waals surface area contributed by atoms with Crippen LogP contribution in [0, 0.1) is 0 Å². The number of carboxylic acid groups (broad SMARTS) is 1. The summed E-state index contributed by atoms with van der Waals surface area (Å²) >= 11 is 0. The number of sulfonamides is 1. The van der Waals surface area contributed by atoms with E-state index in [2.05, 4.69) is 9.82 Å². The Morgan fingerprint density at radius 3 is 2.76 bits per heavy atom. The van der Waals surface area contributed by atoms with Crippen LogP contribution in [0.3, 0.4) is 0 Å². The summed E-state index contributed by atoms with van der Waals surface area (Å²) < 4.78 is 35.0. The SMILES string of the molecule is COc1ccc(CC(=O)O)cc1S(=O)(=O)Nc1cn(C)nc1C1CC1. The summed E-state index contributed by atoms with van der Waals surface area (Å²) in [5.74, 6) is -0.609. The summed E-state index contributed by atoms with van der Waals surface area (Å²) in [5, 5.41) is 13.3. The third kappa shape index (κ3) is 3.76. The second kappa shape index (κ2) is 6.40. The molecule has 2 N–H and O–H groups in total. The van der Waals surface area contributed by atoms with E-state index in [9.17, 15) is 13.2 Å². The van der Waals surface area contributed by atoms with Crippen molar-refractivity contribution in [2.75, 3.05) is 11.8 Å². The number of methoxy groups -OCH3 is 1. The lowest BCUT2D eigenvalue weighted by Crippen LogP contribution is -2.15. The van der Waals surface area contributed by atoms with Crippen LogP contribution in [0.4, 0.5) is 5.69 Å². The van der Waals surface area contributed by atoms with Gasteiger partial charge >= 0.3 is 5.97 Å². The number of aryl methyl sites for hydroxylation is 1. The van der Waals surface area contributed by atoms with Gasteiger partial charge in [0.2, 0.25) is 0 Å². The van der Waals surface area contributed by atoms with Gasteiger partial charge in [-0.3, -0.25) is 14.2 Å². The molecule has 1 aromatic heterocycles. The normalized spacial score (nSPS) is 14.3. The molecule has 0 bridgehead atoms. The molecule has 8 nitrogen and oxygen atoms in total. The van der Waals surface area contributed by atoms with Gasteiger partial charge in [0.05, 0.1) is 24.9 Å². The van der Waals surface area contributed by atoms with Crippen LogP contribution in [0.25, 0.3) is 0 Å². The molecule has 1 fully saturated rings. The number of benzene rings is 1. The second-order valence-electron chi connectivity index (χ2n) is 6.04. The van der Waals surface area contributed by atoms with Gasteiger partial charge in [-0.05, 0) is 30.5 Å². The third-order valence-electron chi connectivity index (χ3n) is 3.94. The summed E-state index contributed by atoms with van der Waals surface area (Å²) in [6.45, 7) is 0. The zero-order valence-corrected chi connectivity index (χ0v) is 14.7. The molecule has 0 amide bonds. The van der Waals surface area contributed by atoms with Gasteiger partial charge in [0.1, 0.15) is 10.6 Å². The Morgan fingerprint density at radius 1 is 1.44 bits per heavy atom. The van der Waals surface area contributed by atoms with E-state index >= 15 is 0 Å². The average molecular weight is 365 g/mol. The number of anilines is 1. The maximum absolute atomic E-state index is 12.8. The molecule has 9 heteroatoms. The Balaban J connectivity index is 1.97. The Morgan fingerprint density at radius 2 is 2.16 bits per heavy atom. The summed E-state index contributed by atoms with van der Waals surface area (Å²) in [6.07, 6.45) is 3.33. The minimum Gasteiger partial charge on any atom is -0.495 e. The lowest BCUT2D eigenvalue weighted by atomic mass is 10.1. The quantitative estimate of drug-likeness (QED) is 0.773. The van der Waals surface area contributed by atoms with Crippen LogP contribution < -0.4 is 9.46 Å². The molecule has 134 valence electrons. The van der Waals surface area contributed by atoms with Gasteiger partial charge in [-0.25, -0.2) is 8.42 Å². The van der Waals surface area contributed by atoms with Crippen LogP contribution in [-0.4, -0.2) is 36.4 Å². The van der Waals surface area contributed by atoms with E-state index in [4.69, 9.17) is 9.84 Å². The molecule has 1 heterocycles. The first-order valence-corrected chi connectivity index (χ1v) is 9.23. The largest absolute Gasteiger partial charge is 0.495 e. The smallest absolute Gasteiger partial charge is 0.307 e. The van der Waals surface area contributed by atoms with Crippen molar-refractivity contribution in [3.05, 3.63) is 35.7 Å². The lowest BCUT2D eigenvalue weighted by Gasteiger charge is -2.12. The maximum atomic E-state index is 12.8. The lowest BCUT2D eigenvalue weighted by molar-refractivity contribution is -0.136. The number of rotatable bonds is 7. The highest BCUT2D eigenvalue weighted by Gasteiger charge is 2.31. The van der Waals surface area contributed by atoms with E-state index in [0.29, 0.717) is 11.3 Å². The highest BCUT2D eigenvalue weighted by Crippen LogP contribution is 2.43. The molecule has 0 spiro atoms. The number of nitrogens with zero attached hydrogens (tertiary/aromatic N) is 2. The van der Waals surface area contributed by atoms with Crippen molar-refractivity contribution in [3.8, 4) is 5.75 Å². The van der Waals surface area contributed by atoms with Crippen molar-refractivity contribution in [1.29, 1.82) is 0 Å². The van der Waals surface area contributed by atoms with Crippen molar-refractivity contribution in [2.24, 2.45) is 7.05 Å². The van der Waals surface area contributed by atoms with Crippen molar-refractivity contribution >= 4 is 21.7 Å². The van der Waals surface area contributed by atoms with Gasteiger partial charge in [-0.1, -0.05) is 6.07 Å². The molecular formula is C16H19N3O5S. The molecule has 1 aliphatic rings. The highest BCUT2D eigenvalue weighted by molar-refractivity contribution is 7.92. The second-order valence-corrected chi connectivity index (χ2v) is 7.69. The van der Waals surface area contributed by atoms with Crippen molar-refractivity contribution < 1.29 is 23.1 Å². The van der Waals surface area contributed by atoms with E-state index in [1.165, 1.54) is 25.3 Å². The number of aromatic nitrogens is 2. The molecular weight excluding hydrogens is 346 g/mol. The zero-order chi connectivity index (χ0) is 18.2. The highest BCUT2D eigenvalue weighted by atomic mass is 32.2. The Kier molecular flexibility index (Phi) is 4.42. The fraction of sp³-hybridized carbons (Fsp3) is 0.375. The summed E-state index contributed by atoms with van der Waals surface area (Å²) in [4.78, 5) is 10.8. The fourth-order valence-electron chi connectivity index (χ4n) is 2.66. The number of carbonyl (C=O) groups is 1. The van der Waals surface area contributed by atoms with Gasteiger partial charge in [0.25, 0.3) is 10.0 Å². The number of hydrogen-bond donors (Lipinski definition) is 2. The molecule has 0 atom stereocenters. The molecule has 25 heavy (non-hydrogen) atoms. The van der Waals surface area contributed by atoms with Crippen LogP contribution >= 0.6 is 0 Å². The Labute approximate surface area is 145 Å². The Bertz CT molecular complexity index is 916. The summed E-state index contributed by atoms with van der Waals surface area (Å²) in [7, 11) is -0.851. The van der Waals surface area contributed by atoms with Crippen LogP contribution in [0.15, 0.2) is 29.3 Å².